The van der Waals surface area contributed by atoms with E-state index in [1.165, 1.54) is 6.08 Å². The van der Waals surface area contributed by atoms with Crippen LogP contribution in [0.2, 0.25) is 0 Å². The Morgan fingerprint density at radius 3 is 2.68 bits per heavy atom. The van der Waals surface area contributed by atoms with E-state index in [9.17, 15) is 4.79 Å². The molecule has 0 saturated carbocycles. The van der Waals surface area contributed by atoms with E-state index >= 15 is 0 Å². The number of allylic oxidation sites excluding steroid dienone is 5. The van der Waals surface area contributed by atoms with Gasteiger partial charge in [-0.15, -0.1) is 0 Å². The van der Waals surface area contributed by atoms with Crippen LogP contribution in [0.5, 0.6) is 5.75 Å². The summed E-state index contributed by atoms with van der Waals surface area (Å²) in [5, 5.41) is 8.73. The van der Waals surface area contributed by atoms with Crippen molar-refractivity contribution in [2.45, 2.75) is 13.8 Å². The molecule has 0 bridgehead atoms. The average molecular weight is 253 g/mol. The molecule has 0 N–H and O–H groups in total. The maximum atomic E-state index is 10.7. The smallest absolute Gasteiger partial charge is 0.150 e. The van der Waals surface area contributed by atoms with Gasteiger partial charge < -0.3 is 4.74 Å². The van der Waals surface area contributed by atoms with Crippen molar-refractivity contribution >= 4 is 6.29 Å². The fourth-order valence-corrected chi connectivity index (χ4v) is 1.42. The fraction of sp³-hybridized carbons (Fsp3) is 0.125. The highest BCUT2D eigenvalue weighted by atomic mass is 16.5. The monoisotopic (exact) mass is 253 g/mol. The van der Waals surface area contributed by atoms with Crippen molar-refractivity contribution in [2.24, 2.45) is 0 Å². The molecule has 0 radical (unpaired) electrons. The molecule has 0 saturated heterocycles. The van der Waals surface area contributed by atoms with E-state index in [-0.39, 0.29) is 0 Å². The zero-order valence-corrected chi connectivity index (χ0v) is 11.0. The van der Waals surface area contributed by atoms with Crippen molar-refractivity contribution in [3.05, 3.63) is 65.5 Å². The zero-order valence-electron chi connectivity index (χ0n) is 11.0. The number of benzene rings is 1. The number of hydrogen-bond acceptors (Lipinski definition) is 3. The highest BCUT2D eigenvalue weighted by Gasteiger charge is 2.00. The summed E-state index contributed by atoms with van der Waals surface area (Å²) >= 11 is 0. The predicted octanol–water partition coefficient (Wildman–Crippen LogP) is 3.73. The van der Waals surface area contributed by atoms with Gasteiger partial charge in [0.05, 0.1) is 11.6 Å². The van der Waals surface area contributed by atoms with Gasteiger partial charge in [-0.3, -0.25) is 4.79 Å². The molecule has 0 aliphatic heterocycles. The van der Waals surface area contributed by atoms with Gasteiger partial charge in [0.2, 0.25) is 0 Å². The molecule has 0 unspecified atom stereocenters. The Labute approximate surface area is 113 Å². The number of carbonyl (C=O) groups excluding carboxylic acids is 1. The maximum absolute atomic E-state index is 10.7. The number of hydrogen-bond donors (Lipinski definition) is 0. The van der Waals surface area contributed by atoms with E-state index < -0.39 is 0 Å². The Kier molecular flexibility index (Phi) is 5.31. The van der Waals surface area contributed by atoms with Crippen molar-refractivity contribution in [2.75, 3.05) is 0 Å². The molecule has 0 atom stereocenters. The third kappa shape index (κ3) is 4.29. The molecule has 3 heteroatoms. The number of aryl methyl sites for hydroxylation is 1. The van der Waals surface area contributed by atoms with Gasteiger partial charge in [0.1, 0.15) is 17.8 Å². The van der Waals surface area contributed by atoms with Crippen LogP contribution in [0, 0.1) is 18.3 Å². The summed E-state index contributed by atoms with van der Waals surface area (Å²) < 4.78 is 5.59. The lowest BCUT2D eigenvalue weighted by atomic mass is 10.1. The van der Waals surface area contributed by atoms with E-state index in [4.69, 9.17) is 10.00 Å². The van der Waals surface area contributed by atoms with Gasteiger partial charge in [-0.25, -0.2) is 0 Å². The number of ether oxygens (including phenoxy) is 1. The van der Waals surface area contributed by atoms with Gasteiger partial charge in [-0.05, 0) is 49.8 Å². The molecule has 0 aliphatic carbocycles. The number of carbonyl (C=O) groups is 1. The van der Waals surface area contributed by atoms with E-state index in [0.29, 0.717) is 22.6 Å². The summed E-state index contributed by atoms with van der Waals surface area (Å²) in [7, 11) is 0. The minimum atomic E-state index is 0.468. The molecule has 0 aliphatic rings. The number of aldehydes is 1. The van der Waals surface area contributed by atoms with Crippen molar-refractivity contribution < 1.29 is 9.53 Å². The van der Waals surface area contributed by atoms with Gasteiger partial charge in [0.15, 0.2) is 0 Å². The Balaban J connectivity index is 2.85. The predicted molar refractivity (Wildman–Crippen MR) is 74.8 cm³/mol. The first-order valence-corrected chi connectivity index (χ1v) is 5.75. The molecule has 0 amide bonds. The topological polar surface area (TPSA) is 50.1 Å². The van der Waals surface area contributed by atoms with E-state index in [1.54, 1.807) is 37.3 Å². The first kappa shape index (κ1) is 14.5. The standard InChI is InChI=1S/C16H15NO2/c1-4-14(10-17)6-5-13(3)19-16-8-7-15(11-18)12(2)9-16/h4-9,11H,1H2,2-3H3/b13-5+,14-6+. The summed E-state index contributed by atoms with van der Waals surface area (Å²) in [5.74, 6) is 1.30. The number of nitriles is 1. The Morgan fingerprint density at radius 2 is 2.16 bits per heavy atom. The average Bonchev–Trinajstić information content (AvgIpc) is 2.40. The second-order valence-corrected chi connectivity index (χ2v) is 3.95. The van der Waals surface area contributed by atoms with Crippen molar-refractivity contribution in [3.63, 3.8) is 0 Å². The summed E-state index contributed by atoms with van der Waals surface area (Å²) in [5.41, 5.74) is 1.97. The number of rotatable bonds is 5. The van der Waals surface area contributed by atoms with Crippen LogP contribution in [0.25, 0.3) is 0 Å². The minimum Gasteiger partial charge on any atom is -0.462 e. The molecule has 0 heterocycles. The first-order chi connectivity index (χ1) is 9.10. The molecule has 0 fully saturated rings. The lowest BCUT2D eigenvalue weighted by Gasteiger charge is -2.07. The lowest BCUT2D eigenvalue weighted by Crippen LogP contribution is -1.93. The lowest BCUT2D eigenvalue weighted by molar-refractivity contribution is 0.112. The minimum absolute atomic E-state index is 0.468. The Morgan fingerprint density at radius 1 is 1.42 bits per heavy atom. The van der Waals surface area contributed by atoms with Gasteiger partial charge in [-0.2, -0.15) is 5.26 Å². The second-order valence-electron chi connectivity index (χ2n) is 3.95. The van der Waals surface area contributed by atoms with Gasteiger partial charge in [-0.1, -0.05) is 12.7 Å². The largest absolute Gasteiger partial charge is 0.462 e. The molecule has 0 spiro atoms. The van der Waals surface area contributed by atoms with Crippen molar-refractivity contribution in [1.82, 2.24) is 0 Å². The summed E-state index contributed by atoms with van der Waals surface area (Å²) in [6.07, 6.45) is 5.62. The van der Waals surface area contributed by atoms with Crippen LogP contribution in [0.4, 0.5) is 0 Å². The van der Waals surface area contributed by atoms with Crippen LogP contribution in [0.1, 0.15) is 22.8 Å². The molecule has 0 aromatic heterocycles. The van der Waals surface area contributed by atoms with E-state index in [2.05, 4.69) is 6.58 Å². The molecule has 1 aromatic rings. The van der Waals surface area contributed by atoms with Crippen molar-refractivity contribution in [3.8, 4) is 11.8 Å². The maximum Gasteiger partial charge on any atom is 0.150 e. The third-order valence-electron chi connectivity index (χ3n) is 2.49. The quantitative estimate of drug-likeness (QED) is 0.348. The van der Waals surface area contributed by atoms with Crippen LogP contribution in [0.3, 0.4) is 0 Å². The molecule has 19 heavy (non-hydrogen) atoms. The van der Waals surface area contributed by atoms with Gasteiger partial charge in [0, 0.05) is 5.56 Å². The van der Waals surface area contributed by atoms with Crippen LogP contribution in [0.15, 0.2) is 54.3 Å². The molecular formula is C16H15NO2. The van der Waals surface area contributed by atoms with Crippen LogP contribution >= 0.6 is 0 Å². The molecule has 1 rings (SSSR count). The highest BCUT2D eigenvalue weighted by Crippen LogP contribution is 2.18. The van der Waals surface area contributed by atoms with Gasteiger partial charge >= 0.3 is 0 Å². The molecule has 1 aromatic carbocycles. The summed E-state index contributed by atoms with van der Waals surface area (Å²) in [6.45, 7) is 7.17. The highest BCUT2D eigenvalue weighted by molar-refractivity contribution is 5.77. The normalized spacial score (nSPS) is 11.6. The van der Waals surface area contributed by atoms with Crippen molar-refractivity contribution in [1.29, 1.82) is 5.26 Å². The van der Waals surface area contributed by atoms with Crippen LogP contribution in [-0.4, -0.2) is 6.29 Å². The molecular weight excluding hydrogens is 238 g/mol. The first-order valence-electron chi connectivity index (χ1n) is 5.75. The SMILES string of the molecule is C=C/C(C#N)=C\C=C(/C)Oc1ccc(C=O)c(C)c1. The zero-order chi connectivity index (χ0) is 14.3. The summed E-state index contributed by atoms with van der Waals surface area (Å²) in [4.78, 5) is 10.7. The van der Waals surface area contributed by atoms with Gasteiger partial charge in [0.25, 0.3) is 0 Å². The summed E-state index contributed by atoms with van der Waals surface area (Å²) in [6, 6.07) is 7.24. The second kappa shape index (κ2) is 6.97. The third-order valence-corrected chi connectivity index (χ3v) is 2.49. The van der Waals surface area contributed by atoms with E-state index in [1.807, 2.05) is 13.0 Å². The molecule has 96 valence electrons. The van der Waals surface area contributed by atoms with Crippen LogP contribution in [-0.2, 0) is 0 Å². The number of nitrogens with zero attached hydrogens (tertiary/aromatic N) is 1. The molecule has 3 nitrogen and oxygen atoms in total. The van der Waals surface area contributed by atoms with Crippen LogP contribution < -0.4 is 4.74 Å². The van der Waals surface area contributed by atoms with E-state index in [0.717, 1.165) is 11.8 Å². The Bertz CT molecular complexity index is 589. The Hall–Kier alpha value is -2.60. The fourth-order valence-electron chi connectivity index (χ4n) is 1.42.